The van der Waals surface area contributed by atoms with Gasteiger partial charge in [-0.25, -0.2) is 0 Å². The SMILES string of the molecule is CP(C)(=O)CCc1ccc(O)cc1. The van der Waals surface area contributed by atoms with Gasteiger partial charge in [0.2, 0.25) is 0 Å². The van der Waals surface area contributed by atoms with Crippen LogP contribution in [0.4, 0.5) is 0 Å². The van der Waals surface area contributed by atoms with Crippen LogP contribution in [0.1, 0.15) is 5.56 Å². The van der Waals surface area contributed by atoms with Gasteiger partial charge in [0.05, 0.1) is 7.14 Å². The monoisotopic (exact) mass is 198 g/mol. The van der Waals surface area contributed by atoms with Crippen molar-refractivity contribution in [3.63, 3.8) is 0 Å². The molecule has 1 aromatic rings. The average molecular weight is 198 g/mol. The highest BCUT2D eigenvalue weighted by Gasteiger charge is 2.06. The molecule has 13 heavy (non-hydrogen) atoms. The van der Waals surface area contributed by atoms with Gasteiger partial charge in [0.25, 0.3) is 0 Å². The second kappa shape index (κ2) is 3.97. The van der Waals surface area contributed by atoms with Crippen LogP contribution in [0.3, 0.4) is 0 Å². The molecule has 72 valence electrons. The number of benzene rings is 1. The summed E-state index contributed by atoms with van der Waals surface area (Å²) >= 11 is 0. The Morgan fingerprint density at radius 3 is 2.23 bits per heavy atom. The fraction of sp³-hybridized carbons (Fsp3) is 0.400. The predicted octanol–water partition coefficient (Wildman–Crippen LogP) is 2.56. The van der Waals surface area contributed by atoms with E-state index in [-0.39, 0.29) is 5.75 Å². The van der Waals surface area contributed by atoms with Crippen LogP contribution in [-0.2, 0) is 11.0 Å². The molecule has 0 aliphatic rings. The van der Waals surface area contributed by atoms with E-state index in [2.05, 4.69) is 0 Å². The van der Waals surface area contributed by atoms with Crippen molar-refractivity contribution in [3.05, 3.63) is 29.8 Å². The molecule has 2 nitrogen and oxygen atoms in total. The predicted molar refractivity (Wildman–Crippen MR) is 56.1 cm³/mol. The fourth-order valence-corrected chi connectivity index (χ4v) is 1.86. The molecular weight excluding hydrogens is 183 g/mol. The number of aromatic hydroxyl groups is 1. The zero-order valence-electron chi connectivity index (χ0n) is 8.03. The van der Waals surface area contributed by atoms with Crippen molar-refractivity contribution in [2.24, 2.45) is 0 Å². The lowest BCUT2D eigenvalue weighted by Gasteiger charge is -2.05. The largest absolute Gasteiger partial charge is 0.508 e. The Kier molecular flexibility index (Phi) is 3.16. The Morgan fingerprint density at radius 2 is 1.77 bits per heavy atom. The molecule has 0 amide bonds. The molecule has 0 aliphatic carbocycles. The number of aryl methyl sites for hydroxylation is 1. The Balaban J connectivity index is 2.56. The van der Waals surface area contributed by atoms with Crippen LogP contribution in [0.2, 0.25) is 0 Å². The number of hydrogen-bond donors (Lipinski definition) is 1. The molecule has 1 rings (SSSR count). The summed E-state index contributed by atoms with van der Waals surface area (Å²) in [5.41, 5.74) is 1.13. The summed E-state index contributed by atoms with van der Waals surface area (Å²) in [5.74, 6) is 0.278. The normalized spacial score (nSPS) is 11.5. The summed E-state index contributed by atoms with van der Waals surface area (Å²) in [6.07, 6.45) is 1.56. The van der Waals surface area contributed by atoms with Crippen molar-refractivity contribution in [2.75, 3.05) is 19.5 Å². The van der Waals surface area contributed by atoms with Crippen LogP contribution in [0.25, 0.3) is 0 Å². The van der Waals surface area contributed by atoms with Crippen LogP contribution in [-0.4, -0.2) is 24.6 Å². The fourth-order valence-electron chi connectivity index (χ4n) is 1.06. The zero-order chi connectivity index (χ0) is 9.90. The summed E-state index contributed by atoms with van der Waals surface area (Å²) in [7, 11) is -1.91. The molecule has 3 heteroatoms. The van der Waals surface area contributed by atoms with Gasteiger partial charge in [-0.15, -0.1) is 0 Å². The van der Waals surface area contributed by atoms with Crippen LogP contribution in [0.15, 0.2) is 24.3 Å². The maximum atomic E-state index is 11.4. The highest BCUT2D eigenvalue weighted by atomic mass is 31.2. The van der Waals surface area contributed by atoms with Crippen molar-refractivity contribution in [2.45, 2.75) is 6.42 Å². The molecule has 0 saturated carbocycles. The van der Waals surface area contributed by atoms with Crippen molar-refractivity contribution in [3.8, 4) is 5.75 Å². The van der Waals surface area contributed by atoms with Gasteiger partial charge < -0.3 is 9.67 Å². The summed E-state index contributed by atoms with van der Waals surface area (Å²) < 4.78 is 11.4. The first-order valence-corrected chi connectivity index (χ1v) is 7.08. The van der Waals surface area contributed by atoms with Crippen molar-refractivity contribution in [1.29, 1.82) is 0 Å². The molecule has 0 atom stereocenters. The topological polar surface area (TPSA) is 37.3 Å². The summed E-state index contributed by atoms with van der Waals surface area (Å²) in [6, 6.07) is 7.05. The second-order valence-corrected chi connectivity index (χ2v) is 7.31. The van der Waals surface area contributed by atoms with Gasteiger partial charge in [0.1, 0.15) is 5.75 Å². The Labute approximate surface area is 79.0 Å². The van der Waals surface area contributed by atoms with Crippen LogP contribution in [0.5, 0.6) is 5.75 Å². The summed E-state index contributed by atoms with van der Waals surface area (Å²) in [5, 5.41) is 9.03. The molecule has 0 bridgehead atoms. The third-order valence-electron chi connectivity index (χ3n) is 1.88. The molecule has 0 saturated heterocycles. The lowest BCUT2D eigenvalue weighted by Crippen LogP contribution is -1.92. The summed E-state index contributed by atoms with van der Waals surface area (Å²) in [4.78, 5) is 0. The molecule has 0 aromatic heterocycles. The van der Waals surface area contributed by atoms with E-state index >= 15 is 0 Å². The van der Waals surface area contributed by atoms with Crippen molar-refractivity contribution in [1.82, 2.24) is 0 Å². The number of hydrogen-bond acceptors (Lipinski definition) is 2. The van der Waals surface area contributed by atoms with Crippen LogP contribution < -0.4 is 0 Å². The van der Waals surface area contributed by atoms with Crippen LogP contribution in [0, 0.1) is 0 Å². The van der Waals surface area contributed by atoms with Crippen LogP contribution >= 0.6 is 7.14 Å². The van der Waals surface area contributed by atoms with E-state index in [1.54, 1.807) is 25.5 Å². The number of rotatable bonds is 3. The van der Waals surface area contributed by atoms with E-state index in [0.29, 0.717) is 0 Å². The third-order valence-corrected chi connectivity index (χ3v) is 3.18. The van der Waals surface area contributed by atoms with Crippen molar-refractivity contribution >= 4 is 7.14 Å². The van der Waals surface area contributed by atoms with Gasteiger partial charge in [-0.2, -0.15) is 0 Å². The molecule has 1 aromatic carbocycles. The molecule has 0 radical (unpaired) electrons. The lowest BCUT2D eigenvalue weighted by molar-refractivity contribution is 0.475. The summed E-state index contributed by atoms with van der Waals surface area (Å²) in [6.45, 7) is 3.60. The Morgan fingerprint density at radius 1 is 1.23 bits per heavy atom. The minimum atomic E-state index is -1.91. The van der Waals surface area contributed by atoms with Gasteiger partial charge in [0.15, 0.2) is 0 Å². The lowest BCUT2D eigenvalue weighted by atomic mass is 10.2. The number of phenolic OH excluding ortho intramolecular Hbond substituents is 1. The highest BCUT2D eigenvalue weighted by molar-refractivity contribution is 7.62. The van der Waals surface area contributed by atoms with Gasteiger partial charge in [-0.3, -0.25) is 0 Å². The highest BCUT2D eigenvalue weighted by Crippen LogP contribution is 2.36. The van der Waals surface area contributed by atoms with E-state index in [1.807, 2.05) is 12.1 Å². The zero-order valence-corrected chi connectivity index (χ0v) is 8.92. The Hall–Kier alpha value is -0.750. The van der Waals surface area contributed by atoms with Gasteiger partial charge in [0, 0.05) is 6.16 Å². The third kappa shape index (κ3) is 4.14. The maximum Gasteiger partial charge on any atom is 0.115 e. The smallest absolute Gasteiger partial charge is 0.115 e. The molecule has 0 aliphatic heterocycles. The molecule has 0 heterocycles. The average Bonchev–Trinajstić information content (AvgIpc) is 2.02. The molecule has 1 N–H and O–H groups in total. The second-order valence-electron chi connectivity index (χ2n) is 3.71. The van der Waals surface area contributed by atoms with E-state index < -0.39 is 7.14 Å². The number of phenols is 1. The standard InChI is InChI=1S/C10H15O2P/c1-13(2,12)8-7-9-3-5-10(11)6-4-9/h3-6,11H,7-8H2,1-2H3. The van der Waals surface area contributed by atoms with E-state index in [4.69, 9.17) is 5.11 Å². The first-order chi connectivity index (χ1) is 5.97. The van der Waals surface area contributed by atoms with Gasteiger partial charge in [-0.05, 0) is 37.4 Å². The van der Waals surface area contributed by atoms with Gasteiger partial charge >= 0.3 is 0 Å². The Bertz CT molecular complexity index is 310. The van der Waals surface area contributed by atoms with E-state index in [1.165, 1.54) is 0 Å². The first kappa shape index (κ1) is 10.3. The van der Waals surface area contributed by atoms with E-state index in [9.17, 15) is 4.57 Å². The maximum absolute atomic E-state index is 11.4. The van der Waals surface area contributed by atoms with E-state index in [0.717, 1.165) is 18.1 Å². The minimum Gasteiger partial charge on any atom is -0.508 e. The van der Waals surface area contributed by atoms with Crippen molar-refractivity contribution < 1.29 is 9.67 Å². The minimum absolute atomic E-state index is 0.278. The molecule has 0 spiro atoms. The molecular formula is C10H15O2P. The quantitative estimate of drug-likeness (QED) is 0.758. The molecule has 0 fully saturated rings. The molecule has 0 unspecified atom stereocenters. The first-order valence-electron chi connectivity index (χ1n) is 4.29. The van der Waals surface area contributed by atoms with Gasteiger partial charge in [-0.1, -0.05) is 12.1 Å².